The lowest BCUT2D eigenvalue weighted by Gasteiger charge is -2.34. The maximum absolute atomic E-state index is 12.2. The Kier molecular flexibility index (Phi) is 3.95. The molecule has 1 aliphatic heterocycles. The Morgan fingerprint density at radius 3 is 2.55 bits per heavy atom. The lowest BCUT2D eigenvalue weighted by atomic mass is 10.2. The normalized spacial score (nSPS) is 15.1. The fraction of sp³-hybridized carbons (Fsp3) is 0.400. The monoisotopic (exact) mass is 303 g/mol. The van der Waals surface area contributed by atoms with Crippen LogP contribution in [0.25, 0.3) is 0 Å². The first-order valence-corrected chi connectivity index (χ1v) is 7.16. The van der Waals surface area contributed by atoms with Gasteiger partial charge in [-0.2, -0.15) is 0 Å². The zero-order valence-electron chi connectivity index (χ0n) is 12.3. The summed E-state index contributed by atoms with van der Waals surface area (Å²) in [4.78, 5) is 27.8. The van der Waals surface area contributed by atoms with E-state index in [0.29, 0.717) is 37.7 Å². The van der Waals surface area contributed by atoms with Gasteiger partial charge in [0.25, 0.3) is 5.91 Å². The summed E-state index contributed by atoms with van der Waals surface area (Å²) in [5.41, 5.74) is 0.761. The Morgan fingerprint density at radius 1 is 1.23 bits per heavy atom. The van der Waals surface area contributed by atoms with Crippen LogP contribution in [0.15, 0.2) is 33.4 Å². The third-order valence-electron chi connectivity index (χ3n) is 3.65. The van der Waals surface area contributed by atoms with Crippen molar-refractivity contribution in [2.24, 2.45) is 0 Å². The molecule has 0 bridgehead atoms. The summed E-state index contributed by atoms with van der Waals surface area (Å²) in [6.45, 7) is 3.84. The largest absolute Gasteiger partial charge is 0.459 e. The quantitative estimate of drug-likeness (QED) is 0.848. The van der Waals surface area contributed by atoms with Gasteiger partial charge in [0.1, 0.15) is 5.76 Å². The molecule has 116 valence electrons. The summed E-state index contributed by atoms with van der Waals surface area (Å²) in [7, 11) is 0. The molecule has 0 unspecified atom stereocenters. The van der Waals surface area contributed by atoms with Crippen LogP contribution < -0.4 is 0 Å². The Hall–Kier alpha value is -2.57. The molecule has 0 radical (unpaired) electrons. The molecule has 0 aromatic carbocycles. The van der Waals surface area contributed by atoms with E-state index in [9.17, 15) is 9.59 Å². The molecule has 3 heterocycles. The highest BCUT2D eigenvalue weighted by molar-refractivity contribution is 5.91. The predicted molar refractivity (Wildman–Crippen MR) is 76.1 cm³/mol. The van der Waals surface area contributed by atoms with E-state index in [1.807, 2.05) is 6.92 Å². The van der Waals surface area contributed by atoms with Crippen LogP contribution in [0.4, 0.5) is 0 Å². The zero-order valence-corrected chi connectivity index (χ0v) is 12.3. The van der Waals surface area contributed by atoms with Gasteiger partial charge in [0.05, 0.1) is 18.4 Å². The van der Waals surface area contributed by atoms with Gasteiger partial charge in [0, 0.05) is 32.2 Å². The summed E-state index contributed by atoms with van der Waals surface area (Å²) in [5, 5.41) is 3.77. The average Bonchev–Trinajstić information content (AvgIpc) is 3.18. The van der Waals surface area contributed by atoms with Crippen molar-refractivity contribution in [1.29, 1.82) is 0 Å². The van der Waals surface area contributed by atoms with Crippen LogP contribution >= 0.6 is 0 Å². The van der Waals surface area contributed by atoms with Crippen molar-refractivity contribution in [1.82, 2.24) is 15.0 Å². The highest BCUT2D eigenvalue weighted by Gasteiger charge is 2.26. The topological polar surface area (TPSA) is 79.8 Å². The summed E-state index contributed by atoms with van der Waals surface area (Å²) in [5.74, 6) is 0.748. The van der Waals surface area contributed by atoms with Crippen LogP contribution in [0, 0.1) is 6.92 Å². The molecule has 0 N–H and O–H groups in total. The number of piperazine rings is 1. The molecule has 22 heavy (non-hydrogen) atoms. The van der Waals surface area contributed by atoms with Gasteiger partial charge >= 0.3 is 0 Å². The predicted octanol–water partition coefficient (Wildman–Crippen LogP) is 1.10. The molecule has 0 atom stereocenters. The molecular weight excluding hydrogens is 286 g/mol. The molecule has 1 saturated heterocycles. The van der Waals surface area contributed by atoms with Gasteiger partial charge in [0.15, 0.2) is 5.76 Å². The average molecular weight is 303 g/mol. The molecule has 7 heteroatoms. The van der Waals surface area contributed by atoms with E-state index in [0.717, 1.165) is 5.69 Å². The van der Waals surface area contributed by atoms with Gasteiger partial charge in [-0.15, -0.1) is 0 Å². The minimum atomic E-state index is -0.136. The molecule has 7 nitrogen and oxygen atoms in total. The van der Waals surface area contributed by atoms with E-state index in [4.69, 9.17) is 8.94 Å². The molecule has 2 aromatic rings. The van der Waals surface area contributed by atoms with E-state index < -0.39 is 0 Å². The Bertz CT molecular complexity index is 654. The van der Waals surface area contributed by atoms with Crippen molar-refractivity contribution in [3.05, 3.63) is 41.7 Å². The van der Waals surface area contributed by atoms with Gasteiger partial charge in [-0.1, -0.05) is 5.16 Å². The maximum atomic E-state index is 12.2. The van der Waals surface area contributed by atoms with Crippen molar-refractivity contribution in [3.63, 3.8) is 0 Å². The van der Waals surface area contributed by atoms with E-state index in [2.05, 4.69) is 5.16 Å². The number of amides is 2. The minimum Gasteiger partial charge on any atom is -0.459 e. The second kappa shape index (κ2) is 6.05. The number of nitrogens with zero attached hydrogens (tertiary/aromatic N) is 3. The lowest BCUT2D eigenvalue weighted by molar-refractivity contribution is -0.132. The second-order valence-electron chi connectivity index (χ2n) is 5.26. The van der Waals surface area contributed by atoms with Crippen LogP contribution in [0.1, 0.15) is 22.0 Å². The van der Waals surface area contributed by atoms with Crippen LogP contribution in [0.2, 0.25) is 0 Å². The Labute approximate surface area is 127 Å². The van der Waals surface area contributed by atoms with Gasteiger partial charge in [-0.05, 0) is 19.1 Å². The van der Waals surface area contributed by atoms with E-state index >= 15 is 0 Å². The molecule has 2 amide bonds. The lowest BCUT2D eigenvalue weighted by Crippen LogP contribution is -2.50. The molecular formula is C15H17N3O4. The smallest absolute Gasteiger partial charge is 0.289 e. The molecule has 1 fully saturated rings. The van der Waals surface area contributed by atoms with Gasteiger partial charge in [-0.3, -0.25) is 9.59 Å². The van der Waals surface area contributed by atoms with Crippen molar-refractivity contribution in [2.45, 2.75) is 13.3 Å². The Morgan fingerprint density at radius 2 is 1.95 bits per heavy atom. The zero-order chi connectivity index (χ0) is 15.5. The number of aryl methyl sites for hydroxylation is 1. The molecule has 1 aliphatic rings. The number of carbonyl (C=O) groups excluding carboxylic acids is 2. The number of rotatable bonds is 3. The standard InChI is InChI=1S/C15H17N3O4/c1-11-9-12(22-16-11)10-14(19)17-4-6-18(7-5-17)15(20)13-3-2-8-21-13/h2-3,8-9H,4-7,10H2,1H3. The van der Waals surface area contributed by atoms with E-state index in [1.165, 1.54) is 6.26 Å². The third kappa shape index (κ3) is 3.03. The number of aromatic nitrogens is 1. The summed E-state index contributed by atoms with van der Waals surface area (Å²) >= 11 is 0. The number of hydrogen-bond acceptors (Lipinski definition) is 5. The first kappa shape index (κ1) is 14.4. The molecule has 0 spiro atoms. The summed E-state index contributed by atoms with van der Waals surface area (Å²) in [6, 6.07) is 5.09. The number of hydrogen-bond donors (Lipinski definition) is 0. The van der Waals surface area contributed by atoms with Gasteiger partial charge in [-0.25, -0.2) is 0 Å². The van der Waals surface area contributed by atoms with Crippen LogP contribution in [-0.2, 0) is 11.2 Å². The summed E-state index contributed by atoms with van der Waals surface area (Å²) in [6.07, 6.45) is 1.68. The van der Waals surface area contributed by atoms with Gasteiger partial charge < -0.3 is 18.7 Å². The molecule has 3 rings (SSSR count). The number of carbonyl (C=O) groups is 2. The van der Waals surface area contributed by atoms with Gasteiger partial charge in [0.2, 0.25) is 5.91 Å². The van der Waals surface area contributed by atoms with Crippen molar-refractivity contribution in [3.8, 4) is 0 Å². The van der Waals surface area contributed by atoms with Crippen LogP contribution in [-0.4, -0.2) is 52.9 Å². The highest BCUT2D eigenvalue weighted by atomic mass is 16.5. The van der Waals surface area contributed by atoms with Crippen molar-refractivity contribution >= 4 is 11.8 Å². The van der Waals surface area contributed by atoms with Crippen molar-refractivity contribution in [2.75, 3.05) is 26.2 Å². The Balaban J connectivity index is 1.53. The fourth-order valence-electron chi connectivity index (χ4n) is 2.48. The van der Waals surface area contributed by atoms with E-state index in [-0.39, 0.29) is 18.2 Å². The first-order chi connectivity index (χ1) is 10.6. The second-order valence-corrected chi connectivity index (χ2v) is 5.26. The SMILES string of the molecule is Cc1cc(CC(=O)N2CCN(C(=O)c3ccco3)CC2)on1. The number of furan rings is 1. The highest BCUT2D eigenvalue weighted by Crippen LogP contribution is 2.11. The summed E-state index contributed by atoms with van der Waals surface area (Å²) < 4.78 is 10.2. The molecule has 0 saturated carbocycles. The van der Waals surface area contributed by atoms with Crippen LogP contribution in [0.5, 0.6) is 0 Å². The molecule has 0 aliphatic carbocycles. The van der Waals surface area contributed by atoms with E-state index in [1.54, 1.807) is 28.0 Å². The van der Waals surface area contributed by atoms with Crippen LogP contribution in [0.3, 0.4) is 0 Å². The molecule has 2 aromatic heterocycles. The maximum Gasteiger partial charge on any atom is 0.289 e. The third-order valence-corrected chi connectivity index (χ3v) is 3.65. The van der Waals surface area contributed by atoms with Crippen molar-refractivity contribution < 1.29 is 18.5 Å². The first-order valence-electron chi connectivity index (χ1n) is 7.16. The minimum absolute atomic E-state index is 0.0127. The fourth-order valence-corrected chi connectivity index (χ4v) is 2.48.